The van der Waals surface area contributed by atoms with Gasteiger partial charge < -0.3 is 10.2 Å². The van der Waals surface area contributed by atoms with E-state index in [4.69, 9.17) is 0 Å². The van der Waals surface area contributed by atoms with Crippen molar-refractivity contribution in [2.24, 2.45) is 5.92 Å². The maximum atomic E-state index is 3.21. The van der Waals surface area contributed by atoms with Crippen LogP contribution in [0.15, 0.2) is 0 Å². The topological polar surface area (TPSA) is 15.3 Å². The molecule has 0 bridgehead atoms. The molecule has 0 saturated heterocycles. The van der Waals surface area contributed by atoms with Crippen LogP contribution in [0.4, 0.5) is 0 Å². The Bertz CT molecular complexity index is 141. The molecule has 0 aromatic heterocycles. The first-order valence-electron chi connectivity index (χ1n) is 6.12. The number of rotatable bonds is 8. The van der Waals surface area contributed by atoms with Crippen molar-refractivity contribution in [1.82, 2.24) is 10.2 Å². The van der Waals surface area contributed by atoms with Gasteiger partial charge in [0, 0.05) is 12.6 Å². The highest BCUT2D eigenvalue weighted by molar-refractivity contribution is 4.78. The van der Waals surface area contributed by atoms with E-state index in [0.29, 0.717) is 0 Å². The summed E-state index contributed by atoms with van der Waals surface area (Å²) in [6.07, 6.45) is 5.59. The third-order valence-corrected chi connectivity index (χ3v) is 3.04. The molecule has 2 heteroatoms. The Balaban J connectivity index is 2.07. The summed E-state index contributed by atoms with van der Waals surface area (Å²) in [5.74, 6) is 1.03. The zero-order valence-corrected chi connectivity index (χ0v) is 10.1. The third-order valence-electron chi connectivity index (χ3n) is 3.04. The van der Waals surface area contributed by atoms with Crippen LogP contribution in [0.2, 0.25) is 0 Å². The second-order valence-electron chi connectivity index (χ2n) is 4.84. The predicted molar refractivity (Wildman–Crippen MR) is 62.6 cm³/mol. The lowest BCUT2D eigenvalue weighted by molar-refractivity contribution is 0.208. The number of hydrogen-bond donors (Lipinski definition) is 1. The standard InChI is InChI=1S/C12H26N2/c1-11(2)14(10-12-6-7-12)9-5-4-8-13-3/h11-13H,4-10H2,1-3H3. The Hall–Kier alpha value is -0.0800. The molecule has 0 atom stereocenters. The molecule has 1 N–H and O–H groups in total. The van der Waals surface area contributed by atoms with E-state index in [2.05, 4.69) is 24.1 Å². The van der Waals surface area contributed by atoms with E-state index >= 15 is 0 Å². The number of unbranched alkanes of at least 4 members (excludes halogenated alkanes) is 1. The lowest BCUT2D eigenvalue weighted by atomic mass is 10.2. The van der Waals surface area contributed by atoms with Gasteiger partial charge >= 0.3 is 0 Å². The highest BCUT2D eigenvalue weighted by Gasteiger charge is 2.24. The summed E-state index contributed by atoms with van der Waals surface area (Å²) in [5.41, 5.74) is 0. The summed E-state index contributed by atoms with van der Waals surface area (Å²) < 4.78 is 0. The van der Waals surface area contributed by atoms with Crippen molar-refractivity contribution < 1.29 is 0 Å². The van der Waals surface area contributed by atoms with E-state index in [1.807, 2.05) is 7.05 Å². The minimum Gasteiger partial charge on any atom is -0.320 e. The first kappa shape index (κ1) is 12.0. The molecule has 0 aliphatic heterocycles. The Kier molecular flexibility index (Phi) is 5.49. The van der Waals surface area contributed by atoms with Gasteiger partial charge in [0.05, 0.1) is 0 Å². The Morgan fingerprint density at radius 1 is 1.29 bits per heavy atom. The molecule has 1 saturated carbocycles. The predicted octanol–water partition coefficient (Wildman–Crippen LogP) is 2.11. The van der Waals surface area contributed by atoms with Gasteiger partial charge in [0.25, 0.3) is 0 Å². The number of nitrogens with one attached hydrogen (secondary N) is 1. The highest BCUT2D eigenvalue weighted by atomic mass is 15.1. The maximum absolute atomic E-state index is 3.21. The van der Waals surface area contributed by atoms with Crippen molar-refractivity contribution in [3.05, 3.63) is 0 Å². The molecule has 14 heavy (non-hydrogen) atoms. The van der Waals surface area contributed by atoms with Crippen molar-refractivity contribution in [2.75, 3.05) is 26.7 Å². The van der Waals surface area contributed by atoms with Crippen molar-refractivity contribution >= 4 is 0 Å². The normalized spacial score (nSPS) is 16.9. The molecular weight excluding hydrogens is 172 g/mol. The van der Waals surface area contributed by atoms with Gasteiger partial charge in [-0.25, -0.2) is 0 Å². The zero-order chi connectivity index (χ0) is 10.4. The fourth-order valence-electron chi connectivity index (χ4n) is 1.81. The average molecular weight is 198 g/mol. The summed E-state index contributed by atoms with van der Waals surface area (Å²) in [4.78, 5) is 2.65. The van der Waals surface area contributed by atoms with Crippen LogP contribution in [-0.2, 0) is 0 Å². The Morgan fingerprint density at radius 3 is 2.50 bits per heavy atom. The fourth-order valence-corrected chi connectivity index (χ4v) is 1.81. The molecule has 0 radical (unpaired) electrons. The van der Waals surface area contributed by atoms with E-state index in [0.717, 1.165) is 18.5 Å². The molecule has 0 amide bonds. The zero-order valence-electron chi connectivity index (χ0n) is 10.1. The lowest BCUT2D eigenvalue weighted by Crippen LogP contribution is -2.34. The fraction of sp³-hybridized carbons (Fsp3) is 1.00. The van der Waals surface area contributed by atoms with Crippen molar-refractivity contribution in [2.45, 2.75) is 45.6 Å². The summed E-state index contributed by atoms with van der Waals surface area (Å²) in [6, 6.07) is 0.727. The van der Waals surface area contributed by atoms with E-state index in [1.165, 1.54) is 38.8 Å². The molecule has 0 aromatic carbocycles. The minimum absolute atomic E-state index is 0.727. The molecule has 1 fully saturated rings. The summed E-state index contributed by atoms with van der Waals surface area (Å²) in [6.45, 7) is 8.43. The van der Waals surface area contributed by atoms with E-state index in [-0.39, 0.29) is 0 Å². The smallest absolute Gasteiger partial charge is 0.00387 e. The van der Waals surface area contributed by atoms with Gasteiger partial charge in [0.15, 0.2) is 0 Å². The van der Waals surface area contributed by atoms with Crippen molar-refractivity contribution in [1.29, 1.82) is 0 Å². The highest BCUT2D eigenvalue weighted by Crippen LogP contribution is 2.30. The monoisotopic (exact) mass is 198 g/mol. The minimum atomic E-state index is 0.727. The van der Waals surface area contributed by atoms with Crippen molar-refractivity contribution in [3.63, 3.8) is 0 Å². The lowest BCUT2D eigenvalue weighted by Gasteiger charge is -2.26. The maximum Gasteiger partial charge on any atom is 0.00387 e. The van der Waals surface area contributed by atoms with E-state index in [9.17, 15) is 0 Å². The molecule has 0 aromatic rings. The quantitative estimate of drug-likeness (QED) is 0.601. The first-order chi connectivity index (χ1) is 6.74. The molecule has 84 valence electrons. The second-order valence-corrected chi connectivity index (χ2v) is 4.84. The molecule has 1 aliphatic rings. The van der Waals surface area contributed by atoms with Crippen LogP contribution in [-0.4, -0.2) is 37.6 Å². The Labute approximate surface area is 89.1 Å². The van der Waals surface area contributed by atoms with Gasteiger partial charge in [-0.15, -0.1) is 0 Å². The molecule has 2 nitrogen and oxygen atoms in total. The molecular formula is C12H26N2. The number of hydrogen-bond acceptors (Lipinski definition) is 2. The first-order valence-corrected chi connectivity index (χ1v) is 6.12. The molecule has 1 aliphatic carbocycles. The average Bonchev–Trinajstić information content (AvgIpc) is 2.93. The summed E-state index contributed by atoms with van der Waals surface area (Å²) >= 11 is 0. The molecule has 0 spiro atoms. The Morgan fingerprint density at radius 2 is 2.00 bits per heavy atom. The van der Waals surface area contributed by atoms with Gasteiger partial charge in [-0.05, 0) is 65.6 Å². The van der Waals surface area contributed by atoms with Crippen LogP contribution >= 0.6 is 0 Å². The van der Waals surface area contributed by atoms with Gasteiger partial charge in [0.1, 0.15) is 0 Å². The van der Waals surface area contributed by atoms with Gasteiger partial charge in [-0.1, -0.05) is 0 Å². The summed E-state index contributed by atoms with van der Waals surface area (Å²) in [5, 5.41) is 3.21. The van der Waals surface area contributed by atoms with Gasteiger partial charge in [0.2, 0.25) is 0 Å². The summed E-state index contributed by atoms with van der Waals surface area (Å²) in [7, 11) is 2.03. The van der Waals surface area contributed by atoms with Crippen LogP contribution in [0.25, 0.3) is 0 Å². The molecule has 1 rings (SSSR count). The molecule has 0 unspecified atom stereocenters. The second kappa shape index (κ2) is 6.41. The van der Waals surface area contributed by atoms with Crippen LogP contribution in [0.5, 0.6) is 0 Å². The van der Waals surface area contributed by atoms with Crippen LogP contribution in [0, 0.1) is 5.92 Å². The van der Waals surface area contributed by atoms with Gasteiger partial charge in [-0.3, -0.25) is 0 Å². The van der Waals surface area contributed by atoms with Crippen molar-refractivity contribution in [3.8, 4) is 0 Å². The van der Waals surface area contributed by atoms with Crippen LogP contribution in [0.3, 0.4) is 0 Å². The van der Waals surface area contributed by atoms with Gasteiger partial charge in [-0.2, -0.15) is 0 Å². The largest absolute Gasteiger partial charge is 0.320 e. The van der Waals surface area contributed by atoms with Crippen LogP contribution < -0.4 is 5.32 Å². The van der Waals surface area contributed by atoms with E-state index < -0.39 is 0 Å². The van der Waals surface area contributed by atoms with Crippen LogP contribution in [0.1, 0.15) is 39.5 Å². The van der Waals surface area contributed by atoms with E-state index in [1.54, 1.807) is 0 Å². The third kappa shape index (κ3) is 4.97. The molecule has 0 heterocycles. The number of nitrogens with zero attached hydrogens (tertiary/aromatic N) is 1. The SMILES string of the molecule is CNCCCCN(CC1CC1)C(C)C.